The maximum Gasteiger partial charge on any atom is 0.270 e. The van der Waals surface area contributed by atoms with Gasteiger partial charge < -0.3 is 15.1 Å². The largest absolute Gasteiger partial charge is 0.340 e. The van der Waals surface area contributed by atoms with Gasteiger partial charge in [0.2, 0.25) is 11.7 Å². The summed E-state index contributed by atoms with van der Waals surface area (Å²) >= 11 is 0. The molecule has 0 bridgehead atoms. The number of fused-ring (bicyclic) bond motifs is 5. The molecule has 10 heteroatoms. The van der Waals surface area contributed by atoms with Crippen molar-refractivity contribution in [1.29, 1.82) is 0 Å². The van der Waals surface area contributed by atoms with Crippen LogP contribution in [0.4, 0.5) is 11.6 Å². The number of rotatable bonds is 9. The highest BCUT2D eigenvalue weighted by atomic mass is 16.2. The van der Waals surface area contributed by atoms with Crippen LogP contribution in [-0.2, 0) is 0 Å². The highest BCUT2D eigenvalue weighted by Gasteiger charge is 2.21. The van der Waals surface area contributed by atoms with Crippen LogP contribution in [0.25, 0.3) is 33.5 Å². The second kappa shape index (κ2) is 11.9. The molecule has 3 aromatic heterocycles. The van der Waals surface area contributed by atoms with Crippen LogP contribution in [0.2, 0.25) is 0 Å². The van der Waals surface area contributed by atoms with E-state index in [9.17, 15) is 9.59 Å². The SMILES string of the molecule is CCN(CC)CCN(C)C(=O)c1ccc(Nc2ncc3c(=O)n(-c4c(C)cccc4C)c4nc5ccccc5n4c3n2)cc1. The number of anilines is 2. The van der Waals surface area contributed by atoms with Crippen molar-refractivity contribution in [3.05, 3.63) is 100.0 Å². The molecule has 6 rings (SSSR count). The monoisotopic (exact) mass is 588 g/mol. The minimum atomic E-state index is -0.236. The summed E-state index contributed by atoms with van der Waals surface area (Å²) in [6, 6.07) is 21.0. The molecule has 0 aliphatic rings. The normalized spacial score (nSPS) is 11.6. The lowest BCUT2D eigenvalue weighted by molar-refractivity contribution is 0.0780. The van der Waals surface area contributed by atoms with Crippen LogP contribution in [0.15, 0.2) is 77.7 Å². The number of nitrogens with zero attached hydrogens (tertiary/aromatic N) is 7. The number of likely N-dealkylation sites (N-methyl/N-ethyl adjacent to an activating group) is 2. The predicted molar refractivity (Wildman–Crippen MR) is 175 cm³/mol. The maximum atomic E-state index is 14.0. The van der Waals surface area contributed by atoms with E-state index in [0.717, 1.165) is 53.2 Å². The fraction of sp³-hybridized carbons (Fsp3) is 0.265. The topological polar surface area (TPSA) is 101 Å². The summed E-state index contributed by atoms with van der Waals surface area (Å²) in [7, 11) is 1.83. The van der Waals surface area contributed by atoms with Gasteiger partial charge in [-0.25, -0.2) is 14.5 Å². The maximum absolute atomic E-state index is 14.0. The molecule has 6 aromatic rings. The highest BCUT2D eigenvalue weighted by Crippen LogP contribution is 2.26. The third-order valence-corrected chi connectivity index (χ3v) is 8.20. The number of nitrogens with one attached hydrogen (secondary N) is 1. The standard InChI is InChI=1S/C34H36N8O2/c1-6-40(7-2)20-19-39(5)31(43)24-15-17-25(18-16-24)36-33-35-21-26-30(38-33)41-28-14-9-8-13-27(28)37-34(41)42(32(26)44)29-22(3)11-10-12-23(29)4/h8-18,21H,6-7,19-20H2,1-5H3,(H,35,36,38). The van der Waals surface area contributed by atoms with Crippen LogP contribution >= 0.6 is 0 Å². The summed E-state index contributed by atoms with van der Waals surface area (Å²) in [6.07, 6.45) is 1.56. The zero-order valence-corrected chi connectivity index (χ0v) is 25.7. The second-order valence-corrected chi connectivity index (χ2v) is 11.0. The Morgan fingerprint density at radius 2 is 1.59 bits per heavy atom. The number of aromatic nitrogens is 5. The summed E-state index contributed by atoms with van der Waals surface area (Å²) < 4.78 is 3.58. The van der Waals surface area contributed by atoms with E-state index < -0.39 is 0 Å². The first-order chi connectivity index (χ1) is 21.3. The molecule has 0 aliphatic heterocycles. The van der Waals surface area contributed by atoms with Gasteiger partial charge in [0.15, 0.2) is 5.65 Å². The van der Waals surface area contributed by atoms with Crippen LogP contribution in [-0.4, -0.2) is 72.9 Å². The fourth-order valence-corrected chi connectivity index (χ4v) is 5.68. The Hall–Kier alpha value is -5.09. The lowest BCUT2D eigenvalue weighted by Gasteiger charge is -2.23. The highest BCUT2D eigenvalue weighted by molar-refractivity contribution is 5.94. The van der Waals surface area contributed by atoms with Crippen LogP contribution in [0.3, 0.4) is 0 Å². The van der Waals surface area contributed by atoms with Crippen molar-refractivity contribution in [1.82, 2.24) is 33.7 Å². The van der Waals surface area contributed by atoms with Crippen molar-refractivity contribution < 1.29 is 4.79 Å². The number of hydrogen-bond donors (Lipinski definition) is 1. The van der Waals surface area contributed by atoms with Gasteiger partial charge in [0.25, 0.3) is 11.5 Å². The number of hydrogen-bond acceptors (Lipinski definition) is 7. The Morgan fingerprint density at radius 1 is 0.886 bits per heavy atom. The second-order valence-electron chi connectivity index (χ2n) is 11.0. The molecule has 3 heterocycles. The van der Waals surface area contributed by atoms with E-state index in [2.05, 4.69) is 29.0 Å². The smallest absolute Gasteiger partial charge is 0.270 e. The van der Waals surface area contributed by atoms with Crippen molar-refractivity contribution in [2.75, 3.05) is 38.5 Å². The van der Waals surface area contributed by atoms with Gasteiger partial charge in [0, 0.05) is 37.6 Å². The summed E-state index contributed by atoms with van der Waals surface area (Å²) in [5, 5.41) is 3.62. The Morgan fingerprint density at radius 3 is 2.30 bits per heavy atom. The number of carbonyl (C=O) groups excluding carboxylic acids is 1. The molecule has 0 saturated heterocycles. The van der Waals surface area contributed by atoms with Gasteiger partial charge in [0.05, 0.1) is 16.7 Å². The van der Waals surface area contributed by atoms with E-state index >= 15 is 0 Å². The third kappa shape index (κ3) is 5.17. The number of amides is 1. The van der Waals surface area contributed by atoms with Gasteiger partial charge >= 0.3 is 0 Å². The number of para-hydroxylation sites is 3. The van der Waals surface area contributed by atoms with Gasteiger partial charge in [-0.05, 0) is 74.5 Å². The van der Waals surface area contributed by atoms with E-state index in [0.29, 0.717) is 34.9 Å². The molecular formula is C34H36N8O2. The summed E-state index contributed by atoms with van der Waals surface area (Å²) in [5.74, 6) is 0.787. The molecule has 10 nitrogen and oxygen atoms in total. The van der Waals surface area contributed by atoms with Crippen molar-refractivity contribution in [3.63, 3.8) is 0 Å². The molecule has 0 unspecified atom stereocenters. The molecule has 1 amide bonds. The molecule has 0 saturated carbocycles. The van der Waals surface area contributed by atoms with E-state index in [-0.39, 0.29) is 11.5 Å². The first kappa shape index (κ1) is 29.0. The van der Waals surface area contributed by atoms with Gasteiger partial charge in [0.1, 0.15) is 5.39 Å². The first-order valence-electron chi connectivity index (χ1n) is 14.9. The summed E-state index contributed by atoms with van der Waals surface area (Å²) in [6.45, 7) is 11.6. The molecule has 3 aromatic carbocycles. The summed E-state index contributed by atoms with van der Waals surface area (Å²) in [5.41, 5.74) is 5.89. The van der Waals surface area contributed by atoms with Gasteiger partial charge in [-0.2, -0.15) is 4.98 Å². The number of imidazole rings is 1. The number of aryl methyl sites for hydroxylation is 2. The average Bonchev–Trinajstić information content (AvgIpc) is 3.42. The Balaban J connectivity index is 1.37. The van der Waals surface area contributed by atoms with Gasteiger partial charge in [-0.1, -0.05) is 44.2 Å². The molecule has 1 N–H and O–H groups in total. The average molecular weight is 589 g/mol. The van der Waals surface area contributed by atoms with Gasteiger partial charge in [-0.15, -0.1) is 0 Å². The molecule has 0 aliphatic carbocycles. The van der Waals surface area contributed by atoms with E-state index in [4.69, 9.17) is 9.97 Å². The Bertz CT molecular complexity index is 2040. The summed E-state index contributed by atoms with van der Waals surface area (Å²) in [4.78, 5) is 45.3. The zero-order chi connectivity index (χ0) is 31.0. The first-order valence-corrected chi connectivity index (χ1v) is 14.9. The Labute approximate surface area is 255 Å². The third-order valence-electron chi connectivity index (χ3n) is 8.20. The van der Waals surface area contributed by atoms with Crippen molar-refractivity contribution in [2.24, 2.45) is 0 Å². The van der Waals surface area contributed by atoms with Crippen LogP contribution < -0.4 is 10.9 Å². The molecule has 0 spiro atoms. The molecule has 224 valence electrons. The van der Waals surface area contributed by atoms with Crippen LogP contribution in [0.5, 0.6) is 0 Å². The zero-order valence-electron chi connectivity index (χ0n) is 25.7. The van der Waals surface area contributed by atoms with E-state index in [1.807, 2.05) is 79.9 Å². The van der Waals surface area contributed by atoms with E-state index in [1.165, 1.54) is 0 Å². The lowest BCUT2D eigenvalue weighted by Crippen LogP contribution is -2.36. The van der Waals surface area contributed by atoms with Crippen molar-refractivity contribution >= 4 is 45.4 Å². The predicted octanol–water partition coefficient (Wildman–Crippen LogP) is 5.36. The molecular weight excluding hydrogens is 552 g/mol. The minimum Gasteiger partial charge on any atom is -0.340 e. The number of carbonyl (C=O) groups is 1. The lowest BCUT2D eigenvalue weighted by atomic mass is 10.1. The van der Waals surface area contributed by atoms with Crippen LogP contribution in [0.1, 0.15) is 35.3 Å². The Kier molecular flexibility index (Phi) is 7.84. The van der Waals surface area contributed by atoms with Crippen molar-refractivity contribution in [2.45, 2.75) is 27.7 Å². The fourth-order valence-electron chi connectivity index (χ4n) is 5.68. The molecule has 44 heavy (non-hydrogen) atoms. The minimum absolute atomic E-state index is 0.0276. The number of benzene rings is 3. The molecule has 0 atom stereocenters. The molecule has 0 fully saturated rings. The quantitative estimate of drug-likeness (QED) is 0.243. The van der Waals surface area contributed by atoms with Crippen molar-refractivity contribution in [3.8, 4) is 5.69 Å². The molecule has 0 radical (unpaired) electrons. The van der Waals surface area contributed by atoms with Crippen LogP contribution in [0, 0.1) is 13.8 Å². The van der Waals surface area contributed by atoms with Gasteiger partial charge in [-0.3, -0.25) is 14.0 Å². The van der Waals surface area contributed by atoms with E-state index in [1.54, 1.807) is 27.8 Å².